The Morgan fingerprint density at radius 1 is 1.38 bits per heavy atom. The Hall–Kier alpha value is -2.10. The molecule has 0 aliphatic carbocycles. The Balaban J connectivity index is 2.86. The monoisotopic (exact) mass is 219 g/mol. The van der Waals surface area contributed by atoms with Crippen LogP contribution in [0.2, 0.25) is 0 Å². The van der Waals surface area contributed by atoms with Gasteiger partial charge < -0.3 is 10.5 Å². The zero-order chi connectivity index (χ0) is 12.0. The lowest BCUT2D eigenvalue weighted by atomic mass is 9.96. The maximum atomic E-state index is 11.6. The molecule has 1 aromatic rings. The predicted molar refractivity (Wildman–Crippen MR) is 59.7 cm³/mol. The van der Waals surface area contributed by atoms with Gasteiger partial charge in [0.25, 0.3) is 0 Å². The number of ether oxygens (including phenoxy) is 1. The van der Waals surface area contributed by atoms with Crippen LogP contribution < -0.4 is 5.73 Å². The van der Waals surface area contributed by atoms with Crippen molar-refractivity contribution in [1.82, 2.24) is 0 Å². The first kappa shape index (κ1) is 12.0. The Kier molecular flexibility index (Phi) is 4.27. The highest BCUT2D eigenvalue weighted by atomic mass is 16.6. The second kappa shape index (κ2) is 5.70. The number of nitrogens with two attached hydrogens (primary N) is 1. The molecule has 0 saturated heterocycles. The molecule has 0 heterocycles. The fraction of sp³-hybridized carbons (Fsp3) is 0.167. The van der Waals surface area contributed by atoms with E-state index >= 15 is 0 Å². The molecular formula is C12H13NO3. The van der Waals surface area contributed by atoms with Crippen molar-refractivity contribution in [2.75, 3.05) is 0 Å². The number of hydrogen-bond donors (Lipinski definition) is 1. The Bertz CT molecular complexity index is 387. The van der Waals surface area contributed by atoms with Crippen molar-refractivity contribution in [2.24, 2.45) is 5.73 Å². The summed E-state index contributed by atoms with van der Waals surface area (Å²) < 4.78 is 4.37. The third-order valence-electron chi connectivity index (χ3n) is 2.09. The summed E-state index contributed by atoms with van der Waals surface area (Å²) in [4.78, 5) is 22.1. The molecule has 84 valence electrons. The van der Waals surface area contributed by atoms with Gasteiger partial charge in [0, 0.05) is 0 Å². The highest BCUT2D eigenvalue weighted by molar-refractivity contribution is 5.88. The number of esters is 1. The Morgan fingerprint density at radius 2 is 2.00 bits per heavy atom. The molecule has 0 saturated carbocycles. The van der Waals surface area contributed by atoms with E-state index in [-0.39, 0.29) is 0 Å². The second-order valence-electron chi connectivity index (χ2n) is 3.23. The summed E-state index contributed by atoms with van der Waals surface area (Å²) in [6, 6.07) is 9.03. The number of carbonyl (C=O) groups excluding carboxylic acids is 2. The fourth-order valence-electron chi connectivity index (χ4n) is 1.39. The largest absolute Gasteiger partial charge is 0.412 e. The van der Waals surface area contributed by atoms with Crippen molar-refractivity contribution >= 4 is 12.1 Å². The molecular weight excluding hydrogens is 206 g/mol. The summed E-state index contributed by atoms with van der Waals surface area (Å²) in [5, 5.41) is 0. The van der Waals surface area contributed by atoms with Crippen LogP contribution in [0, 0.1) is 0 Å². The first-order valence-electron chi connectivity index (χ1n) is 4.82. The van der Waals surface area contributed by atoms with Crippen molar-refractivity contribution < 1.29 is 14.3 Å². The van der Waals surface area contributed by atoms with Gasteiger partial charge in [-0.15, -0.1) is 6.58 Å². The van der Waals surface area contributed by atoms with Crippen LogP contribution in [0.1, 0.15) is 17.9 Å². The number of amides is 1. The molecule has 1 amide bonds. The van der Waals surface area contributed by atoms with Gasteiger partial charge in [-0.25, -0.2) is 4.79 Å². The molecule has 16 heavy (non-hydrogen) atoms. The average Bonchev–Trinajstić information content (AvgIpc) is 2.26. The van der Waals surface area contributed by atoms with Crippen LogP contribution in [-0.4, -0.2) is 12.1 Å². The smallest absolute Gasteiger partial charge is 0.376 e. The van der Waals surface area contributed by atoms with Crippen molar-refractivity contribution in [3.05, 3.63) is 48.6 Å². The Labute approximate surface area is 93.7 Å². The van der Waals surface area contributed by atoms with Crippen molar-refractivity contribution in [2.45, 2.75) is 12.3 Å². The Morgan fingerprint density at radius 3 is 2.50 bits per heavy atom. The zero-order valence-corrected chi connectivity index (χ0v) is 8.76. The number of primary amides is 1. The van der Waals surface area contributed by atoms with Crippen molar-refractivity contribution in [3.8, 4) is 0 Å². The summed E-state index contributed by atoms with van der Waals surface area (Å²) in [5.74, 6) is -1.19. The van der Waals surface area contributed by atoms with E-state index in [1.54, 1.807) is 18.2 Å². The maximum Gasteiger partial charge on any atom is 0.412 e. The molecule has 1 rings (SSSR count). The van der Waals surface area contributed by atoms with Gasteiger partial charge in [0.2, 0.25) is 0 Å². The molecule has 4 heteroatoms. The van der Waals surface area contributed by atoms with E-state index in [2.05, 4.69) is 11.3 Å². The van der Waals surface area contributed by atoms with E-state index in [1.165, 1.54) is 0 Å². The van der Waals surface area contributed by atoms with Crippen LogP contribution in [0.15, 0.2) is 43.0 Å². The van der Waals surface area contributed by atoms with Crippen LogP contribution in [0.3, 0.4) is 0 Å². The molecule has 0 aliphatic rings. The summed E-state index contributed by atoms with van der Waals surface area (Å²) in [6.45, 7) is 3.56. The molecule has 4 nitrogen and oxygen atoms in total. The minimum absolute atomic E-state index is 0.399. The van der Waals surface area contributed by atoms with E-state index in [0.29, 0.717) is 6.42 Å². The lowest BCUT2D eigenvalue weighted by Crippen LogP contribution is -2.23. The number of hydrogen-bond acceptors (Lipinski definition) is 3. The highest BCUT2D eigenvalue weighted by Crippen LogP contribution is 2.21. The van der Waals surface area contributed by atoms with Crippen LogP contribution in [-0.2, 0) is 9.53 Å². The summed E-state index contributed by atoms with van der Waals surface area (Å²) in [5.41, 5.74) is 5.57. The van der Waals surface area contributed by atoms with Gasteiger partial charge in [-0.05, 0) is 12.0 Å². The molecule has 1 unspecified atom stereocenters. The van der Waals surface area contributed by atoms with E-state index in [4.69, 9.17) is 5.73 Å². The van der Waals surface area contributed by atoms with Gasteiger partial charge in [0.1, 0.15) is 0 Å². The first-order chi connectivity index (χ1) is 7.65. The molecule has 0 fully saturated rings. The quantitative estimate of drug-likeness (QED) is 0.478. The van der Waals surface area contributed by atoms with Gasteiger partial charge in [-0.2, -0.15) is 0 Å². The van der Waals surface area contributed by atoms with Gasteiger partial charge in [0.05, 0.1) is 5.92 Å². The molecule has 0 spiro atoms. The lowest BCUT2D eigenvalue weighted by Gasteiger charge is -2.12. The molecule has 0 aromatic heterocycles. The maximum absolute atomic E-state index is 11.6. The lowest BCUT2D eigenvalue weighted by molar-refractivity contribution is -0.138. The highest BCUT2D eigenvalue weighted by Gasteiger charge is 2.22. The first-order valence-corrected chi connectivity index (χ1v) is 4.82. The second-order valence-corrected chi connectivity index (χ2v) is 3.23. The molecule has 0 radical (unpaired) electrons. The predicted octanol–water partition coefficient (Wildman–Crippen LogP) is 1.97. The normalized spacial score (nSPS) is 11.5. The van der Waals surface area contributed by atoms with Crippen molar-refractivity contribution in [1.29, 1.82) is 0 Å². The van der Waals surface area contributed by atoms with E-state index in [1.807, 2.05) is 18.2 Å². The minimum atomic E-state index is -1.09. The van der Waals surface area contributed by atoms with Crippen LogP contribution in [0.5, 0.6) is 0 Å². The standard InChI is InChI=1S/C12H13NO3/c1-2-6-10(11(14)16-12(13)15)9-7-4-3-5-8-9/h2-5,7-8,10H,1,6H2,(H2,13,15). The number of benzene rings is 1. The van der Waals surface area contributed by atoms with E-state index < -0.39 is 18.0 Å². The van der Waals surface area contributed by atoms with Gasteiger partial charge >= 0.3 is 12.1 Å². The van der Waals surface area contributed by atoms with E-state index in [0.717, 1.165) is 5.56 Å². The van der Waals surface area contributed by atoms with Crippen LogP contribution >= 0.6 is 0 Å². The fourth-order valence-corrected chi connectivity index (χ4v) is 1.39. The summed E-state index contributed by atoms with van der Waals surface area (Å²) in [6.07, 6.45) is 0.908. The zero-order valence-electron chi connectivity index (χ0n) is 8.76. The number of rotatable bonds is 4. The topological polar surface area (TPSA) is 69.4 Å². The third kappa shape index (κ3) is 3.24. The number of carbonyl (C=O) groups is 2. The van der Waals surface area contributed by atoms with Crippen LogP contribution in [0.25, 0.3) is 0 Å². The summed E-state index contributed by atoms with van der Waals surface area (Å²) in [7, 11) is 0. The van der Waals surface area contributed by atoms with Gasteiger partial charge in [0.15, 0.2) is 0 Å². The minimum Gasteiger partial charge on any atom is -0.376 e. The van der Waals surface area contributed by atoms with Gasteiger partial charge in [-0.3, -0.25) is 4.79 Å². The van der Waals surface area contributed by atoms with Crippen molar-refractivity contribution in [3.63, 3.8) is 0 Å². The van der Waals surface area contributed by atoms with Crippen LogP contribution in [0.4, 0.5) is 4.79 Å². The SMILES string of the molecule is C=CCC(C(=O)OC(N)=O)c1ccccc1. The molecule has 0 aliphatic heterocycles. The average molecular weight is 219 g/mol. The summed E-state index contributed by atoms with van der Waals surface area (Å²) >= 11 is 0. The molecule has 1 atom stereocenters. The number of allylic oxidation sites excluding steroid dienone is 1. The van der Waals surface area contributed by atoms with E-state index in [9.17, 15) is 9.59 Å². The van der Waals surface area contributed by atoms with Gasteiger partial charge in [-0.1, -0.05) is 36.4 Å². The third-order valence-corrected chi connectivity index (χ3v) is 2.09. The molecule has 0 bridgehead atoms. The molecule has 2 N–H and O–H groups in total. The molecule has 1 aromatic carbocycles.